The first kappa shape index (κ1) is 22.6. The molecule has 152 valence electrons. The number of thiazole rings is 1. The number of hydrogen-bond donors (Lipinski definition) is 3. The Bertz CT molecular complexity index is 812. The van der Waals surface area contributed by atoms with Gasteiger partial charge in [0.25, 0.3) is 0 Å². The van der Waals surface area contributed by atoms with Crippen LogP contribution >= 0.6 is 35.3 Å². The average molecular weight is 513 g/mol. The van der Waals surface area contributed by atoms with E-state index in [9.17, 15) is 4.79 Å². The van der Waals surface area contributed by atoms with Crippen LogP contribution in [-0.2, 0) is 17.9 Å². The Morgan fingerprint density at radius 1 is 1.25 bits per heavy atom. The third-order valence-electron chi connectivity index (χ3n) is 4.83. The molecule has 1 saturated carbocycles. The van der Waals surface area contributed by atoms with Crippen LogP contribution in [0.4, 0.5) is 5.69 Å². The number of nitrogens with zero attached hydrogens (tertiary/aromatic N) is 2. The number of guanidine groups is 1. The molecule has 1 heterocycles. The molecule has 1 aromatic carbocycles. The second-order valence-corrected chi connectivity index (χ2v) is 8.13. The molecule has 1 aliphatic carbocycles. The van der Waals surface area contributed by atoms with E-state index >= 15 is 0 Å². The van der Waals surface area contributed by atoms with Crippen LogP contribution in [0.3, 0.4) is 0 Å². The number of halogens is 1. The summed E-state index contributed by atoms with van der Waals surface area (Å²) in [5.74, 6) is 1.05. The van der Waals surface area contributed by atoms with E-state index in [4.69, 9.17) is 0 Å². The van der Waals surface area contributed by atoms with E-state index in [-0.39, 0.29) is 35.8 Å². The highest BCUT2D eigenvalue weighted by Gasteiger charge is 2.25. The van der Waals surface area contributed by atoms with E-state index in [2.05, 4.69) is 32.9 Å². The number of benzene rings is 1. The summed E-state index contributed by atoms with van der Waals surface area (Å²) in [6.45, 7) is 5.39. The van der Waals surface area contributed by atoms with E-state index in [1.165, 1.54) is 4.88 Å². The van der Waals surface area contributed by atoms with Gasteiger partial charge >= 0.3 is 0 Å². The van der Waals surface area contributed by atoms with Crippen LogP contribution in [-0.4, -0.2) is 23.9 Å². The van der Waals surface area contributed by atoms with Crippen molar-refractivity contribution in [2.45, 2.75) is 46.2 Å². The number of aliphatic imine (C=N–C) groups is 1. The Hall–Kier alpha value is -1.68. The lowest BCUT2D eigenvalue weighted by molar-refractivity contribution is -0.122. The number of nitrogens with one attached hydrogen (secondary N) is 3. The highest BCUT2D eigenvalue weighted by atomic mass is 127. The third-order valence-corrected chi connectivity index (χ3v) is 5.91. The zero-order valence-electron chi connectivity index (χ0n) is 16.5. The maximum absolute atomic E-state index is 12.1. The fourth-order valence-corrected chi connectivity index (χ4v) is 3.73. The molecule has 1 aromatic heterocycles. The number of carbonyl (C=O) groups excluding carboxylic acids is 1. The Morgan fingerprint density at radius 3 is 2.61 bits per heavy atom. The molecule has 0 unspecified atom stereocenters. The summed E-state index contributed by atoms with van der Waals surface area (Å²) in [7, 11) is 1.75. The second kappa shape index (κ2) is 10.8. The molecule has 28 heavy (non-hydrogen) atoms. The van der Waals surface area contributed by atoms with Gasteiger partial charge in [-0.2, -0.15) is 0 Å². The molecule has 1 aliphatic rings. The number of hydrogen-bond acceptors (Lipinski definition) is 4. The van der Waals surface area contributed by atoms with Gasteiger partial charge in [0.05, 0.1) is 12.2 Å². The molecule has 0 saturated heterocycles. The number of aromatic nitrogens is 1. The summed E-state index contributed by atoms with van der Waals surface area (Å²) in [5, 5.41) is 10.7. The number of rotatable bonds is 6. The lowest BCUT2D eigenvalue weighted by Crippen LogP contribution is -2.36. The molecule has 0 bridgehead atoms. The lowest BCUT2D eigenvalue weighted by atomic mass is 9.85. The molecule has 2 aromatic rings. The van der Waals surface area contributed by atoms with Gasteiger partial charge in [0, 0.05) is 30.1 Å². The normalized spacial score (nSPS) is 14.0. The second-order valence-electron chi connectivity index (χ2n) is 6.85. The average Bonchev–Trinajstić information content (AvgIpc) is 2.92. The monoisotopic (exact) mass is 513 g/mol. The van der Waals surface area contributed by atoms with Gasteiger partial charge in [-0.05, 0) is 44.4 Å². The van der Waals surface area contributed by atoms with Crippen LogP contribution < -0.4 is 16.0 Å². The van der Waals surface area contributed by atoms with Crippen LogP contribution in [0, 0.1) is 19.8 Å². The highest BCUT2D eigenvalue weighted by Crippen LogP contribution is 2.27. The topological polar surface area (TPSA) is 78.4 Å². The molecule has 1 amide bonds. The van der Waals surface area contributed by atoms with Crippen LogP contribution in [0.1, 0.15) is 40.4 Å². The van der Waals surface area contributed by atoms with Crippen molar-refractivity contribution in [1.82, 2.24) is 15.6 Å². The zero-order valence-corrected chi connectivity index (χ0v) is 19.7. The summed E-state index contributed by atoms with van der Waals surface area (Å²) in [6.07, 6.45) is 3.18. The Labute approximate surface area is 187 Å². The standard InChI is InChI=1S/C20H27N5OS.HI/c1-13-14(2)27-18(24-13)12-23-20(21-3)22-11-15-6-4-9-17(10-15)25-19(26)16-7-5-8-16;/h4,6,9-10,16H,5,7-8,11-12H2,1-3H3,(H,25,26)(H2,21,22,23);1H. The minimum atomic E-state index is 0. The van der Waals surface area contributed by atoms with Crippen LogP contribution in [0.15, 0.2) is 29.3 Å². The zero-order chi connectivity index (χ0) is 19.2. The molecular formula is C20H28IN5OS. The van der Waals surface area contributed by atoms with Crippen molar-refractivity contribution in [1.29, 1.82) is 0 Å². The van der Waals surface area contributed by atoms with Crippen LogP contribution in [0.5, 0.6) is 0 Å². The van der Waals surface area contributed by atoms with E-state index in [0.717, 1.165) is 47.2 Å². The maximum Gasteiger partial charge on any atom is 0.227 e. The van der Waals surface area contributed by atoms with Crippen molar-refractivity contribution < 1.29 is 4.79 Å². The van der Waals surface area contributed by atoms with Gasteiger partial charge in [-0.3, -0.25) is 9.79 Å². The van der Waals surface area contributed by atoms with Crippen molar-refractivity contribution in [3.8, 4) is 0 Å². The third kappa shape index (κ3) is 6.16. The fourth-order valence-electron chi connectivity index (χ4n) is 2.85. The molecule has 0 radical (unpaired) electrons. The fraction of sp³-hybridized carbons (Fsp3) is 0.450. The lowest BCUT2D eigenvalue weighted by Gasteiger charge is -2.24. The Kier molecular flexibility index (Phi) is 8.68. The van der Waals surface area contributed by atoms with Gasteiger partial charge in [0.15, 0.2) is 5.96 Å². The predicted molar refractivity (Wildman–Crippen MR) is 126 cm³/mol. The van der Waals surface area contributed by atoms with Gasteiger partial charge in [-0.25, -0.2) is 4.98 Å². The highest BCUT2D eigenvalue weighted by molar-refractivity contribution is 14.0. The molecule has 1 fully saturated rings. The summed E-state index contributed by atoms with van der Waals surface area (Å²) >= 11 is 1.70. The van der Waals surface area contributed by atoms with Gasteiger partial charge in [-0.15, -0.1) is 35.3 Å². The van der Waals surface area contributed by atoms with Crippen molar-refractivity contribution in [3.63, 3.8) is 0 Å². The molecule has 8 heteroatoms. The van der Waals surface area contributed by atoms with E-state index in [1.807, 2.05) is 31.2 Å². The van der Waals surface area contributed by atoms with Crippen molar-refractivity contribution in [2.75, 3.05) is 12.4 Å². The molecule has 3 N–H and O–H groups in total. The van der Waals surface area contributed by atoms with Gasteiger partial charge in [-0.1, -0.05) is 18.6 Å². The summed E-state index contributed by atoms with van der Waals surface area (Å²) < 4.78 is 0. The molecule has 3 rings (SSSR count). The summed E-state index contributed by atoms with van der Waals surface area (Å²) in [6, 6.07) is 7.93. The van der Waals surface area contributed by atoms with Crippen molar-refractivity contribution in [2.24, 2.45) is 10.9 Å². The number of aryl methyl sites for hydroxylation is 2. The minimum Gasteiger partial charge on any atom is -0.352 e. The summed E-state index contributed by atoms with van der Waals surface area (Å²) in [5.41, 5.74) is 3.02. The Morgan fingerprint density at radius 2 is 2.00 bits per heavy atom. The van der Waals surface area contributed by atoms with Crippen molar-refractivity contribution >= 4 is 52.9 Å². The minimum absolute atomic E-state index is 0. The van der Waals surface area contributed by atoms with Gasteiger partial charge in [0.2, 0.25) is 5.91 Å². The largest absolute Gasteiger partial charge is 0.352 e. The maximum atomic E-state index is 12.1. The van der Waals surface area contributed by atoms with Crippen LogP contribution in [0.25, 0.3) is 0 Å². The Balaban J connectivity index is 0.00000280. The number of carbonyl (C=O) groups is 1. The quantitative estimate of drug-likeness (QED) is 0.310. The van der Waals surface area contributed by atoms with Gasteiger partial charge < -0.3 is 16.0 Å². The molecule has 0 aliphatic heterocycles. The van der Waals surface area contributed by atoms with E-state index < -0.39 is 0 Å². The summed E-state index contributed by atoms with van der Waals surface area (Å²) in [4.78, 5) is 22.1. The molecule has 0 spiro atoms. The van der Waals surface area contributed by atoms with E-state index in [1.54, 1.807) is 18.4 Å². The van der Waals surface area contributed by atoms with Gasteiger partial charge in [0.1, 0.15) is 5.01 Å². The smallest absolute Gasteiger partial charge is 0.227 e. The van der Waals surface area contributed by atoms with Crippen molar-refractivity contribution in [3.05, 3.63) is 45.4 Å². The predicted octanol–water partition coefficient (Wildman–Crippen LogP) is 3.98. The molecule has 6 nitrogen and oxygen atoms in total. The first-order valence-electron chi connectivity index (χ1n) is 9.32. The number of anilines is 1. The molecular weight excluding hydrogens is 485 g/mol. The van der Waals surface area contributed by atoms with Crippen LogP contribution in [0.2, 0.25) is 0 Å². The number of amides is 1. The molecule has 0 atom stereocenters. The van der Waals surface area contributed by atoms with E-state index in [0.29, 0.717) is 13.1 Å². The SMILES string of the molecule is CN=C(NCc1cccc(NC(=O)C2CCC2)c1)NCc1nc(C)c(C)s1.I. The first-order chi connectivity index (χ1) is 13.0. The first-order valence-corrected chi connectivity index (χ1v) is 10.1.